The first-order valence-corrected chi connectivity index (χ1v) is 5.89. The molecular weight excluding hydrogens is 227 g/mol. The highest BCUT2D eigenvalue weighted by Crippen LogP contribution is 2.26. The lowest BCUT2D eigenvalue weighted by molar-refractivity contribution is 0.608. The molecular formula is C15H17FN2. The Labute approximate surface area is 107 Å². The molecule has 0 aliphatic carbocycles. The Balaban J connectivity index is 2.25. The first-order valence-electron chi connectivity index (χ1n) is 5.89. The Morgan fingerprint density at radius 3 is 2.56 bits per heavy atom. The molecule has 0 aliphatic heterocycles. The van der Waals surface area contributed by atoms with Gasteiger partial charge in [-0.2, -0.15) is 0 Å². The quantitative estimate of drug-likeness (QED) is 0.839. The van der Waals surface area contributed by atoms with Crippen molar-refractivity contribution in [3.63, 3.8) is 0 Å². The van der Waals surface area contributed by atoms with Crippen LogP contribution in [0.5, 0.6) is 0 Å². The molecule has 2 rings (SSSR count). The van der Waals surface area contributed by atoms with Crippen molar-refractivity contribution in [2.45, 2.75) is 13.5 Å². The Bertz CT molecular complexity index is 552. The highest BCUT2D eigenvalue weighted by molar-refractivity contribution is 5.70. The van der Waals surface area contributed by atoms with Crippen LogP contribution in [0, 0.1) is 12.7 Å². The van der Waals surface area contributed by atoms with E-state index in [1.807, 2.05) is 43.1 Å². The van der Waals surface area contributed by atoms with E-state index >= 15 is 0 Å². The molecule has 3 heteroatoms. The second kappa shape index (κ2) is 5.08. The van der Waals surface area contributed by atoms with Crippen molar-refractivity contribution in [1.82, 2.24) is 0 Å². The number of anilines is 2. The first-order chi connectivity index (χ1) is 8.59. The number of halogens is 1. The Morgan fingerprint density at radius 1 is 1.11 bits per heavy atom. The third-order valence-electron chi connectivity index (χ3n) is 3.08. The smallest absolute Gasteiger partial charge is 0.128 e. The van der Waals surface area contributed by atoms with Crippen molar-refractivity contribution < 1.29 is 4.39 Å². The van der Waals surface area contributed by atoms with Crippen molar-refractivity contribution in [2.75, 3.05) is 17.7 Å². The lowest BCUT2D eigenvalue weighted by Gasteiger charge is -2.22. The third-order valence-corrected chi connectivity index (χ3v) is 3.08. The van der Waals surface area contributed by atoms with Gasteiger partial charge in [0.25, 0.3) is 0 Å². The van der Waals surface area contributed by atoms with Crippen LogP contribution in [0.2, 0.25) is 0 Å². The summed E-state index contributed by atoms with van der Waals surface area (Å²) in [5, 5.41) is 0. The van der Waals surface area contributed by atoms with Crippen LogP contribution in [0.25, 0.3) is 0 Å². The molecule has 0 unspecified atom stereocenters. The number of nitrogen functional groups attached to an aromatic ring is 1. The van der Waals surface area contributed by atoms with Gasteiger partial charge in [0.15, 0.2) is 0 Å². The van der Waals surface area contributed by atoms with Crippen molar-refractivity contribution in [2.24, 2.45) is 0 Å². The molecule has 2 aromatic carbocycles. The van der Waals surface area contributed by atoms with E-state index in [2.05, 4.69) is 0 Å². The average molecular weight is 244 g/mol. The lowest BCUT2D eigenvalue weighted by atomic mass is 10.1. The van der Waals surface area contributed by atoms with E-state index < -0.39 is 0 Å². The van der Waals surface area contributed by atoms with Gasteiger partial charge in [-0.15, -0.1) is 0 Å². The molecule has 0 radical (unpaired) electrons. The molecule has 2 N–H and O–H groups in total. The number of aryl methyl sites for hydroxylation is 1. The Hall–Kier alpha value is -2.03. The molecule has 0 spiro atoms. The molecule has 0 aromatic heterocycles. The fraction of sp³-hybridized carbons (Fsp3) is 0.200. The number of hydrogen-bond acceptors (Lipinski definition) is 2. The topological polar surface area (TPSA) is 29.3 Å². The van der Waals surface area contributed by atoms with Crippen LogP contribution in [0.3, 0.4) is 0 Å². The molecule has 0 saturated heterocycles. The molecule has 0 aliphatic rings. The molecule has 0 heterocycles. The number of benzene rings is 2. The van der Waals surface area contributed by atoms with Gasteiger partial charge >= 0.3 is 0 Å². The van der Waals surface area contributed by atoms with Crippen LogP contribution < -0.4 is 10.6 Å². The summed E-state index contributed by atoms with van der Waals surface area (Å²) >= 11 is 0. The maximum absolute atomic E-state index is 13.6. The molecule has 94 valence electrons. The summed E-state index contributed by atoms with van der Waals surface area (Å²) in [4.78, 5) is 1.96. The van der Waals surface area contributed by atoms with Crippen LogP contribution in [0.4, 0.5) is 15.8 Å². The Kier molecular flexibility index (Phi) is 3.51. The van der Waals surface area contributed by atoms with Gasteiger partial charge in [0.2, 0.25) is 0 Å². The maximum Gasteiger partial charge on any atom is 0.128 e. The number of rotatable bonds is 3. The summed E-state index contributed by atoms with van der Waals surface area (Å²) in [6.45, 7) is 2.47. The Morgan fingerprint density at radius 2 is 1.83 bits per heavy atom. The van der Waals surface area contributed by atoms with E-state index in [9.17, 15) is 4.39 Å². The summed E-state index contributed by atoms with van der Waals surface area (Å²) in [7, 11) is 1.91. The zero-order valence-corrected chi connectivity index (χ0v) is 10.7. The minimum Gasteiger partial charge on any atom is -0.397 e. The van der Waals surface area contributed by atoms with Crippen LogP contribution in [-0.2, 0) is 6.54 Å². The molecule has 2 aromatic rings. The van der Waals surface area contributed by atoms with Crippen molar-refractivity contribution in [3.8, 4) is 0 Å². The minimum absolute atomic E-state index is 0.185. The molecule has 0 amide bonds. The highest BCUT2D eigenvalue weighted by atomic mass is 19.1. The van der Waals surface area contributed by atoms with Crippen LogP contribution in [0.15, 0.2) is 42.5 Å². The van der Waals surface area contributed by atoms with Crippen molar-refractivity contribution in [3.05, 3.63) is 59.4 Å². The molecule has 2 nitrogen and oxygen atoms in total. The lowest BCUT2D eigenvalue weighted by Crippen LogP contribution is -2.18. The zero-order valence-electron chi connectivity index (χ0n) is 10.7. The predicted molar refractivity (Wildman–Crippen MR) is 74.1 cm³/mol. The van der Waals surface area contributed by atoms with Gasteiger partial charge in [0.05, 0.1) is 11.4 Å². The number of nitrogens with two attached hydrogens (primary N) is 1. The van der Waals surface area contributed by atoms with Crippen molar-refractivity contribution in [1.29, 1.82) is 0 Å². The number of para-hydroxylation sites is 1. The third kappa shape index (κ3) is 2.45. The fourth-order valence-corrected chi connectivity index (χ4v) is 1.97. The highest BCUT2D eigenvalue weighted by Gasteiger charge is 2.09. The van der Waals surface area contributed by atoms with E-state index in [0.29, 0.717) is 12.1 Å². The second-order valence-electron chi connectivity index (χ2n) is 4.46. The molecule has 0 saturated carbocycles. The van der Waals surface area contributed by atoms with Crippen LogP contribution in [0.1, 0.15) is 11.1 Å². The van der Waals surface area contributed by atoms with E-state index in [1.165, 1.54) is 6.07 Å². The van der Waals surface area contributed by atoms with Crippen LogP contribution in [-0.4, -0.2) is 7.05 Å². The van der Waals surface area contributed by atoms with Gasteiger partial charge < -0.3 is 10.6 Å². The van der Waals surface area contributed by atoms with E-state index in [4.69, 9.17) is 5.73 Å². The van der Waals surface area contributed by atoms with Gasteiger partial charge in [-0.1, -0.05) is 30.3 Å². The standard InChI is InChI=1S/C15H17FN2/c1-11-6-5-9-14(15(11)17)18(2)10-12-7-3-4-8-13(12)16/h3-9H,10,17H2,1-2H3. The molecule has 18 heavy (non-hydrogen) atoms. The first kappa shape index (κ1) is 12.4. The number of hydrogen-bond donors (Lipinski definition) is 1. The monoisotopic (exact) mass is 244 g/mol. The summed E-state index contributed by atoms with van der Waals surface area (Å²) in [5.74, 6) is -0.185. The second-order valence-corrected chi connectivity index (χ2v) is 4.46. The molecule has 0 fully saturated rings. The maximum atomic E-state index is 13.6. The minimum atomic E-state index is -0.185. The fourth-order valence-electron chi connectivity index (χ4n) is 1.97. The van der Waals surface area contributed by atoms with Gasteiger partial charge in [0, 0.05) is 19.2 Å². The van der Waals surface area contributed by atoms with E-state index in [-0.39, 0.29) is 5.82 Å². The van der Waals surface area contributed by atoms with E-state index in [1.54, 1.807) is 12.1 Å². The van der Waals surface area contributed by atoms with Gasteiger partial charge in [-0.3, -0.25) is 0 Å². The summed E-state index contributed by atoms with van der Waals surface area (Å²) in [5.41, 5.74) is 9.42. The number of nitrogens with zero attached hydrogens (tertiary/aromatic N) is 1. The largest absolute Gasteiger partial charge is 0.397 e. The predicted octanol–water partition coefficient (Wildman–Crippen LogP) is 3.35. The van der Waals surface area contributed by atoms with Gasteiger partial charge in [-0.25, -0.2) is 4.39 Å². The van der Waals surface area contributed by atoms with Crippen LogP contribution >= 0.6 is 0 Å². The SMILES string of the molecule is Cc1cccc(N(C)Cc2ccccc2F)c1N. The summed E-state index contributed by atoms with van der Waals surface area (Å²) < 4.78 is 13.6. The average Bonchev–Trinajstić information content (AvgIpc) is 2.35. The normalized spacial score (nSPS) is 10.4. The summed E-state index contributed by atoms with van der Waals surface area (Å²) in [6, 6.07) is 12.7. The van der Waals surface area contributed by atoms with Crippen molar-refractivity contribution >= 4 is 11.4 Å². The molecule has 0 atom stereocenters. The zero-order chi connectivity index (χ0) is 13.1. The van der Waals surface area contributed by atoms with Gasteiger partial charge in [-0.05, 0) is 24.6 Å². The van der Waals surface area contributed by atoms with E-state index in [0.717, 1.165) is 16.9 Å². The van der Waals surface area contributed by atoms with Gasteiger partial charge in [0.1, 0.15) is 5.82 Å². The molecule has 0 bridgehead atoms. The summed E-state index contributed by atoms with van der Waals surface area (Å²) in [6.07, 6.45) is 0.